The first-order valence-electron chi connectivity index (χ1n) is 8.44. The van der Waals surface area contributed by atoms with E-state index < -0.39 is 13.3 Å². The molecule has 6 heteroatoms. The lowest BCUT2D eigenvalue weighted by molar-refractivity contribution is 0.454. The Labute approximate surface area is 146 Å². The van der Waals surface area contributed by atoms with Gasteiger partial charge in [0.2, 0.25) is 0 Å². The number of aryl methyl sites for hydroxylation is 1. The Morgan fingerprint density at radius 1 is 1.36 bits per heavy atom. The molecule has 0 saturated heterocycles. The molecule has 1 aromatic carbocycles. The van der Waals surface area contributed by atoms with Crippen molar-refractivity contribution in [2.24, 2.45) is 17.8 Å². The molecule has 0 bridgehead atoms. The van der Waals surface area contributed by atoms with E-state index in [4.69, 9.17) is 5.73 Å². The number of amidine groups is 1. The van der Waals surface area contributed by atoms with E-state index in [1.54, 1.807) is 7.05 Å². The van der Waals surface area contributed by atoms with Crippen molar-refractivity contribution in [2.45, 2.75) is 51.9 Å². The van der Waals surface area contributed by atoms with Gasteiger partial charge < -0.3 is 5.73 Å². The second-order valence-electron chi connectivity index (χ2n) is 7.38. The summed E-state index contributed by atoms with van der Waals surface area (Å²) >= 11 is 0. The Hall–Kier alpha value is -2.24. The second-order valence-corrected chi connectivity index (χ2v) is 7.38. The van der Waals surface area contributed by atoms with Crippen LogP contribution in [0.3, 0.4) is 0 Å². The van der Waals surface area contributed by atoms with Gasteiger partial charge in [-0.2, -0.15) is 5.10 Å². The summed E-state index contributed by atoms with van der Waals surface area (Å²) in [5, 5.41) is 4.01. The number of halogens is 2. The second kappa shape index (κ2) is 6.24. The van der Waals surface area contributed by atoms with E-state index in [9.17, 15) is 8.78 Å². The number of nitrogens with zero attached hydrogens (tertiary/aromatic N) is 3. The van der Waals surface area contributed by atoms with Crippen LogP contribution in [0, 0.1) is 0 Å². The average Bonchev–Trinajstić information content (AvgIpc) is 3.01. The zero-order chi connectivity index (χ0) is 18.4. The molecular weight excluding hydrogens is 322 g/mol. The predicted octanol–water partition coefficient (Wildman–Crippen LogP) is 4.18. The Bertz CT molecular complexity index is 836. The van der Waals surface area contributed by atoms with Crippen molar-refractivity contribution < 1.29 is 8.78 Å². The van der Waals surface area contributed by atoms with Crippen LogP contribution in [0.15, 0.2) is 23.2 Å². The van der Waals surface area contributed by atoms with Gasteiger partial charge in [0.1, 0.15) is 24.9 Å². The molecule has 25 heavy (non-hydrogen) atoms. The van der Waals surface area contributed by atoms with E-state index in [0.29, 0.717) is 5.92 Å². The van der Waals surface area contributed by atoms with Gasteiger partial charge in [0, 0.05) is 7.05 Å². The van der Waals surface area contributed by atoms with Gasteiger partial charge in [-0.25, -0.2) is 13.8 Å². The molecule has 0 amide bonds. The number of benzene rings is 1. The Morgan fingerprint density at radius 3 is 2.72 bits per heavy atom. The first-order chi connectivity index (χ1) is 11.8. The van der Waals surface area contributed by atoms with Crippen LogP contribution in [0.25, 0.3) is 0 Å². The van der Waals surface area contributed by atoms with E-state index in [1.165, 1.54) is 15.8 Å². The van der Waals surface area contributed by atoms with Gasteiger partial charge in [-0.1, -0.05) is 32.9 Å². The number of hydrogen-bond acceptors (Lipinski definition) is 2. The normalized spacial score (nSPS) is 19.3. The molecule has 0 unspecified atom stereocenters. The fourth-order valence-corrected chi connectivity index (χ4v) is 4.08. The molecule has 3 rings (SSSR count). The van der Waals surface area contributed by atoms with E-state index in [-0.39, 0.29) is 28.2 Å². The quantitative estimate of drug-likeness (QED) is 0.667. The molecule has 1 aliphatic carbocycles. The topological polar surface area (TPSA) is 56.2 Å². The van der Waals surface area contributed by atoms with Crippen LogP contribution in [-0.4, -0.2) is 15.6 Å². The molecule has 1 heterocycles. The number of rotatable bonds is 4. The number of hydrogen-bond donors (Lipinski definition) is 1. The average molecular weight is 346 g/mol. The van der Waals surface area contributed by atoms with E-state index in [0.717, 1.165) is 12.1 Å². The maximum Gasteiger partial charge on any atom is 0.135 e. The van der Waals surface area contributed by atoms with Gasteiger partial charge in [0.25, 0.3) is 0 Å². The highest BCUT2D eigenvalue weighted by molar-refractivity contribution is 6.01. The molecule has 1 atom stereocenters. The van der Waals surface area contributed by atoms with Gasteiger partial charge in [-0.05, 0) is 34.9 Å². The van der Waals surface area contributed by atoms with Crippen LogP contribution in [0.1, 0.15) is 61.2 Å². The van der Waals surface area contributed by atoms with Crippen LogP contribution in [0.2, 0.25) is 0 Å². The summed E-state index contributed by atoms with van der Waals surface area (Å²) in [6.07, 6.45) is 1.03. The summed E-state index contributed by atoms with van der Waals surface area (Å²) in [5.74, 6) is 0.464. The number of aromatic nitrogens is 2. The van der Waals surface area contributed by atoms with Gasteiger partial charge in [-0.15, -0.1) is 0 Å². The van der Waals surface area contributed by atoms with Crippen molar-refractivity contribution in [3.05, 3.63) is 46.3 Å². The molecule has 2 aromatic rings. The van der Waals surface area contributed by atoms with Gasteiger partial charge in [-0.3, -0.25) is 4.68 Å². The first-order valence-corrected chi connectivity index (χ1v) is 8.44. The first kappa shape index (κ1) is 17.6. The highest BCUT2D eigenvalue weighted by Crippen LogP contribution is 2.49. The number of nitrogens with two attached hydrogens (primary N) is 1. The fraction of sp³-hybridized carbons (Fsp3) is 0.474. The summed E-state index contributed by atoms with van der Waals surface area (Å²) in [6.45, 7) is 5.03. The standard InChI is InChI=1S/C19H24F2N4/c1-11-8-19(2,3)12-6-5-7-13(16(11)12)23-18(22)17-14(9-20)24-25(4)15(17)10-21/h5-7,11H,8-10H2,1-4H3,(H2,22,23)/t11-/m0/s1. The molecule has 0 aliphatic heterocycles. The fourth-order valence-electron chi connectivity index (χ4n) is 4.08. The van der Waals surface area contributed by atoms with Crippen LogP contribution >= 0.6 is 0 Å². The Kier molecular flexibility index (Phi) is 4.39. The third-order valence-electron chi connectivity index (χ3n) is 5.11. The highest BCUT2D eigenvalue weighted by atomic mass is 19.1. The molecule has 1 aromatic heterocycles. The van der Waals surface area contributed by atoms with Gasteiger partial charge >= 0.3 is 0 Å². The third-order valence-corrected chi connectivity index (χ3v) is 5.11. The summed E-state index contributed by atoms with van der Waals surface area (Å²) < 4.78 is 28.0. The lowest BCUT2D eigenvalue weighted by atomic mass is 9.86. The molecule has 134 valence electrons. The van der Waals surface area contributed by atoms with E-state index in [1.807, 2.05) is 12.1 Å². The van der Waals surface area contributed by atoms with E-state index in [2.05, 4.69) is 36.9 Å². The van der Waals surface area contributed by atoms with Crippen LogP contribution < -0.4 is 5.73 Å². The van der Waals surface area contributed by atoms with Gasteiger partial charge in [0.05, 0.1) is 16.9 Å². The van der Waals surface area contributed by atoms with Crippen molar-refractivity contribution in [1.29, 1.82) is 0 Å². The largest absolute Gasteiger partial charge is 0.383 e. The molecule has 0 fully saturated rings. The lowest BCUT2D eigenvalue weighted by Crippen LogP contribution is -2.17. The van der Waals surface area contributed by atoms with Crippen molar-refractivity contribution in [3.63, 3.8) is 0 Å². The molecular formula is C19H24F2N4. The van der Waals surface area contributed by atoms with Crippen LogP contribution in [-0.2, 0) is 25.8 Å². The van der Waals surface area contributed by atoms with Gasteiger partial charge in [0.15, 0.2) is 0 Å². The number of aliphatic imine (C=N–C) groups is 1. The minimum absolute atomic E-state index is 0.0809. The molecule has 4 nitrogen and oxygen atoms in total. The van der Waals surface area contributed by atoms with Crippen molar-refractivity contribution in [1.82, 2.24) is 9.78 Å². The monoisotopic (exact) mass is 346 g/mol. The maximum absolute atomic E-state index is 13.4. The summed E-state index contributed by atoms with van der Waals surface area (Å²) in [5.41, 5.74) is 10.1. The molecule has 0 saturated carbocycles. The molecule has 2 N–H and O–H groups in total. The molecule has 0 radical (unpaired) electrons. The molecule has 1 aliphatic rings. The number of alkyl halides is 2. The summed E-state index contributed by atoms with van der Waals surface area (Å²) in [6, 6.07) is 5.99. The van der Waals surface area contributed by atoms with E-state index >= 15 is 0 Å². The minimum atomic E-state index is -0.810. The summed E-state index contributed by atoms with van der Waals surface area (Å²) in [4.78, 5) is 4.56. The third kappa shape index (κ3) is 2.83. The zero-order valence-corrected chi connectivity index (χ0v) is 15.1. The zero-order valence-electron chi connectivity index (χ0n) is 15.1. The predicted molar refractivity (Wildman–Crippen MR) is 95.7 cm³/mol. The van der Waals surface area contributed by atoms with Crippen molar-refractivity contribution in [3.8, 4) is 0 Å². The minimum Gasteiger partial charge on any atom is -0.383 e. The highest BCUT2D eigenvalue weighted by Gasteiger charge is 2.36. The summed E-state index contributed by atoms with van der Waals surface area (Å²) in [7, 11) is 1.58. The Balaban J connectivity index is 2.14. The number of fused-ring (bicyclic) bond motifs is 1. The Morgan fingerprint density at radius 2 is 2.08 bits per heavy atom. The van der Waals surface area contributed by atoms with Crippen molar-refractivity contribution in [2.75, 3.05) is 0 Å². The maximum atomic E-state index is 13.4. The van der Waals surface area contributed by atoms with Crippen LogP contribution in [0.5, 0.6) is 0 Å². The van der Waals surface area contributed by atoms with Crippen molar-refractivity contribution >= 4 is 11.5 Å². The SMILES string of the molecule is C[C@H]1CC(C)(C)c2cccc(N=C(N)c3c(CF)nn(C)c3CF)c21. The molecule has 0 spiro atoms. The smallest absolute Gasteiger partial charge is 0.135 e. The lowest BCUT2D eigenvalue weighted by Gasteiger charge is -2.18. The van der Waals surface area contributed by atoms with Crippen LogP contribution in [0.4, 0.5) is 14.5 Å².